The van der Waals surface area contributed by atoms with Crippen LogP contribution in [0.3, 0.4) is 0 Å². The summed E-state index contributed by atoms with van der Waals surface area (Å²) in [6, 6.07) is 5.89. The lowest BCUT2D eigenvalue weighted by Gasteiger charge is -2.63. The molecular formula is C42H60O7. The zero-order valence-electron chi connectivity index (χ0n) is 30.4. The van der Waals surface area contributed by atoms with Crippen LogP contribution in [0.1, 0.15) is 104 Å². The lowest BCUT2D eigenvalue weighted by Crippen LogP contribution is -2.66. The Kier molecular flexibility index (Phi) is 8.87. The molecule has 1 aromatic carbocycles. The number of carbonyl (C=O) groups excluding carboxylic acids is 1. The summed E-state index contributed by atoms with van der Waals surface area (Å²) in [5.41, 5.74) is -0.979. The second-order valence-corrected chi connectivity index (χ2v) is 18.2. The first-order chi connectivity index (χ1) is 23.0. The number of benzene rings is 1. The van der Waals surface area contributed by atoms with E-state index in [1.54, 1.807) is 6.08 Å². The first kappa shape index (κ1) is 35.4. The molecule has 6 aliphatic rings. The van der Waals surface area contributed by atoms with Crippen LogP contribution >= 0.6 is 0 Å². The smallest absolute Gasteiger partial charge is 0.159 e. The average Bonchev–Trinajstić information content (AvgIpc) is 3.79. The Morgan fingerprint density at radius 3 is 2.37 bits per heavy atom. The Labute approximate surface area is 292 Å². The summed E-state index contributed by atoms with van der Waals surface area (Å²) in [5, 5.41) is 58.8. The van der Waals surface area contributed by atoms with Crippen molar-refractivity contribution in [1.82, 2.24) is 0 Å². The van der Waals surface area contributed by atoms with Crippen molar-refractivity contribution in [2.24, 2.45) is 52.3 Å². The van der Waals surface area contributed by atoms with Crippen LogP contribution in [-0.2, 0) is 22.4 Å². The van der Waals surface area contributed by atoms with Gasteiger partial charge < -0.3 is 30.3 Å². The number of carbonyl (C=O) groups is 1. The van der Waals surface area contributed by atoms with E-state index in [1.807, 2.05) is 12.1 Å². The third kappa shape index (κ3) is 5.43. The predicted octanol–water partition coefficient (Wildman–Crippen LogP) is 6.07. The van der Waals surface area contributed by atoms with Crippen LogP contribution in [0.5, 0.6) is 5.75 Å². The molecule has 7 heteroatoms. The third-order valence-electron chi connectivity index (χ3n) is 14.9. The van der Waals surface area contributed by atoms with E-state index in [4.69, 9.17) is 4.74 Å². The van der Waals surface area contributed by atoms with Crippen molar-refractivity contribution < 1.29 is 35.1 Å². The zero-order valence-corrected chi connectivity index (χ0v) is 30.4. The largest absolute Gasteiger partial charge is 0.508 e. The van der Waals surface area contributed by atoms with Gasteiger partial charge in [0.2, 0.25) is 0 Å². The van der Waals surface area contributed by atoms with E-state index in [2.05, 4.69) is 59.8 Å². The average molecular weight is 677 g/mol. The van der Waals surface area contributed by atoms with Crippen LogP contribution in [0.4, 0.5) is 0 Å². The number of ketones is 1. The number of aromatic hydroxyl groups is 1. The van der Waals surface area contributed by atoms with E-state index in [0.29, 0.717) is 56.8 Å². The maximum Gasteiger partial charge on any atom is 0.159 e. The molecule has 7 nitrogen and oxygen atoms in total. The van der Waals surface area contributed by atoms with Gasteiger partial charge in [0.1, 0.15) is 17.5 Å². The van der Waals surface area contributed by atoms with Crippen LogP contribution in [0, 0.1) is 52.3 Å². The van der Waals surface area contributed by atoms with Gasteiger partial charge in [0.05, 0.1) is 23.9 Å². The van der Waals surface area contributed by atoms with Gasteiger partial charge in [-0.15, -0.1) is 0 Å². The predicted molar refractivity (Wildman–Crippen MR) is 189 cm³/mol. The first-order valence-corrected chi connectivity index (χ1v) is 19.3. The Morgan fingerprint density at radius 1 is 0.959 bits per heavy atom. The molecule has 0 spiro atoms. The van der Waals surface area contributed by atoms with Gasteiger partial charge >= 0.3 is 0 Å². The van der Waals surface area contributed by atoms with Crippen LogP contribution in [-0.4, -0.2) is 66.9 Å². The number of aliphatic hydroxyl groups is 4. The zero-order chi connectivity index (χ0) is 35.3. The summed E-state index contributed by atoms with van der Waals surface area (Å²) in [7, 11) is 0. The van der Waals surface area contributed by atoms with E-state index in [1.165, 1.54) is 0 Å². The van der Waals surface area contributed by atoms with Crippen molar-refractivity contribution in [2.45, 2.75) is 141 Å². The monoisotopic (exact) mass is 676 g/mol. The maximum absolute atomic E-state index is 14.0. The highest BCUT2D eigenvalue weighted by molar-refractivity contribution is 5.95. The van der Waals surface area contributed by atoms with Crippen LogP contribution in [0.2, 0.25) is 0 Å². The minimum Gasteiger partial charge on any atom is -0.508 e. The molecule has 3 saturated carbocycles. The number of fused-ring (bicyclic) bond motifs is 4. The molecule has 0 radical (unpaired) electrons. The summed E-state index contributed by atoms with van der Waals surface area (Å²) < 4.78 is 6.40. The number of hydrogen-bond donors (Lipinski definition) is 5. The lowest BCUT2D eigenvalue weighted by molar-refractivity contribution is -0.182. The van der Waals surface area contributed by atoms with Crippen molar-refractivity contribution in [3.05, 3.63) is 53.1 Å². The number of hydrogen-bond acceptors (Lipinski definition) is 7. The second-order valence-electron chi connectivity index (χ2n) is 18.2. The molecule has 0 amide bonds. The quantitative estimate of drug-likeness (QED) is 0.158. The van der Waals surface area contributed by atoms with Gasteiger partial charge in [0.25, 0.3) is 0 Å². The molecule has 13 atom stereocenters. The van der Waals surface area contributed by atoms with Gasteiger partial charge in [-0.2, -0.15) is 0 Å². The number of epoxide rings is 1. The standard InChI is InChI=1S/C42H60O7/c1-23(2)9-10-26-16-27(18-29(43)17-26)11-14-40-28-8-7-13-41(47,38-37(49-38)25(5)24(3)4)36(40)12-15-42(40,48)31-20-33(44)32-21-34(45)35(46)22-39(32,6)30(31)19-28/h7-8,16-18,20,23-25,28,30,32,34-38,43,45-48H,9-15,19,21-22H2,1-6H3. The van der Waals surface area contributed by atoms with Crippen LogP contribution < -0.4 is 0 Å². The second kappa shape index (κ2) is 12.3. The van der Waals surface area contributed by atoms with Gasteiger partial charge in [-0.3, -0.25) is 4.79 Å². The van der Waals surface area contributed by atoms with Gasteiger partial charge in [0, 0.05) is 17.3 Å². The van der Waals surface area contributed by atoms with Gasteiger partial charge in [-0.05, 0) is 134 Å². The molecule has 0 aromatic heterocycles. The summed E-state index contributed by atoms with van der Waals surface area (Å²) in [4.78, 5) is 14.0. The number of phenols is 1. The van der Waals surface area contributed by atoms with Crippen molar-refractivity contribution in [3.63, 3.8) is 0 Å². The highest BCUT2D eigenvalue weighted by Gasteiger charge is 2.75. The minimum atomic E-state index is -1.34. The fraction of sp³-hybridized carbons (Fsp3) is 0.738. The number of allylic oxidation sites excluding steroid dienone is 2. The molecule has 1 aliphatic heterocycles. The summed E-state index contributed by atoms with van der Waals surface area (Å²) in [6.07, 6.45) is 9.78. The van der Waals surface area contributed by atoms with E-state index in [9.17, 15) is 30.3 Å². The minimum absolute atomic E-state index is 0.0445. The Balaban J connectivity index is 1.32. The molecule has 1 aromatic rings. The SMILES string of the molecule is CC(C)CCc1cc(O)cc(CCC23C4C=CCC(O)(C5OC5C(C)C(C)C)C2CCC3(O)C2=CC(=O)C3CC(O)C(O)CC3(C)C2C4)c1. The fourth-order valence-corrected chi connectivity index (χ4v) is 11.8. The molecule has 0 bridgehead atoms. The molecule has 5 aliphatic carbocycles. The molecule has 13 unspecified atom stereocenters. The van der Waals surface area contributed by atoms with E-state index >= 15 is 0 Å². The molecule has 4 fully saturated rings. The fourth-order valence-electron chi connectivity index (χ4n) is 11.8. The van der Waals surface area contributed by atoms with E-state index in [0.717, 1.165) is 29.5 Å². The van der Waals surface area contributed by atoms with Crippen molar-refractivity contribution in [2.75, 3.05) is 0 Å². The number of ether oxygens (including phenoxy) is 1. The maximum atomic E-state index is 14.0. The normalized spacial score (nSPS) is 44.7. The van der Waals surface area contributed by atoms with E-state index < -0.39 is 40.2 Å². The Bertz CT molecular complexity index is 1510. The molecule has 1 heterocycles. The molecule has 270 valence electrons. The van der Waals surface area contributed by atoms with Crippen LogP contribution in [0.15, 0.2) is 42.0 Å². The molecule has 7 rings (SSSR count). The number of aryl methyl sites for hydroxylation is 2. The van der Waals surface area contributed by atoms with Crippen LogP contribution in [0.25, 0.3) is 0 Å². The lowest BCUT2D eigenvalue weighted by atomic mass is 9.42. The van der Waals surface area contributed by atoms with Crippen molar-refractivity contribution in [3.8, 4) is 5.75 Å². The summed E-state index contributed by atoms with van der Waals surface area (Å²) >= 11 is 0. The molecule has 5 N–H and O–H groups in total. The van der Waals surface area contributed by atoms with Gasteiger partial charge in [-0.25, -0.2) is 0 Å². The number of aliphatic hydroxyl groups excluding tert-OH is 2. The molecule has 49 heavy (non-hydrogen) atoms. The molecule has 1 saturated heterocycles. The highest BCUT2D eigenvalue weighted by Crippen LogP contribution is 2.73. The van der Waals surface area contributed by atoms with Gasteiger partial charge in [0.15, 0.2) is 5.78 Å². The third-order valence-corrected chi connectivity index (χ3v) is 14.9. The number of rotatable bonds is 9. The first-order valence-electron chi connectivity index (χ1n) is 19.3. The van der Waals surface area contributed by atoms with Crippen molar-refractivity contribution >= 4 is 5.78 Å². The summed E-state index contributed by atoms with van der Waals surface area (Å²) in [6.45, 7) is 13.1. The topological polar surface area (TPSA) is 131 Å². The van der Waals surface area contributed by atoms with Gasteiger partial charge in [-0.1, -0.05) is 59.8 Å². The van der Waals surface area contributed by atoms with Crippen molar-refractivity contribution in [1.29, 1.82) is 0 Å². The Hall–Kier alpha value is -2.03. The number of phenolic OH excluding ortho intramolecular Hbond substituents is 1. The summed E-state index contributed by atoms with van der Waals surface area (Å²) in [5.74, 6) is 0.541. The van der Waals surface area contributed by atoms with E-state index in [-0.39, 0.29) is 53.8 Å². The Morgan fingerprint density at radius 2 is 1.67 bits per heavy atom. The molecular weight excluding hydrogens is 616 g/mol. The highest BCUT2D eigenvalue weighted by atomic mass is 16.6.